The van der Waals surface area contributed by atoms with Crippen LogP contribution in [-0.2, 0) is 4.79 Å². The maximum atomic E-state index is 8.00. The van der Waals surface area contributed by atoms with Gasteiger partial charge in [-0.1, -0.05) is 72.8 Å². The van der Waals surface area contributed by atoms with Gasteiger partial charge in [-0.25, -0.2) is 0 Å². The summed E-state index contributed by atoms with van der Waals surface area (Å²) in [6, 6.07) is 26.4. The van der Waals surface area contributed by atoms with Crippen molar-refractivity contribution in [3.63, 3.8) is 0 Å². The van der Waals surface area contributed by atoms with E-state index in [9.17, 15) is 0 Å². The first-order valence-electron chi connectivity index (χ1n) is 7.26. The standard InChI is InChI=1S/C20H12.CH2O/c1-5-13-6-2-11-17-18-12-4-8-14-7-3-10-16(20(14)18)15(9-1)19(13)17;1-2/h1-12H;1H2. The smallest absolute Gasteiger partial charge is 0.106 e. The fraction of sp³-hybridized carbons (Fsp3) is 0. The van der Waals surface area contributed by atoms with Crippen molar-refractivity contribution in [3.8, 4) is 0 Å². The molecule has 1 nitrogen and oxygen atoms in total. The molecule has 0 unspecified atom stereocenters. The Hall–Kier alpha value is -2.93. The Morgan fingerprint density at radius 1 is 0.455 bits per heavy atom. The second-order valence-electron chi connectivity index (χ2n) is 5.42. The van der Waals surface area contributed by atoms with Crippen LogP contribution in [0.25, 0.3) is 43.1 Å². The van der Waals surface area contributed by atoms with E-state index in [4.69, 9.17) is 4.79 Å². The summed E-state index contributed by atoms with van der Waals surface area (Å²) in [6.07, 6.45) is 0. The van der Waals surface area contributed by atoms with E-state index < -0.39 is 0 Å². The van der Waals surface area contributed by atoms with Gasteiger partial charge in [0.25, 0.3) is 0 Å². The fourth-order valence-corrected chi connectivity index (χ4v) is 3.58. The molecule has 0 atom stereocenters. The molecule has 0 N–H and O–H groups in total. The van der Waals surface area contributed by atoms with Crippen LogP contribution in [0.4, 0.5) is 0 Å². The third-order valence-corrected chi connectivity index (χ3v) is 4.39. The van der Waals surface area contributed by atoms with Crippen LogP contribution >= 0.6 is 0 Å². The summed E-state index contributed by atoms with van der Waals surface area (Å²) in [5.74, 6) is 0. The van der Waals surface area contributed by atoms with Crippen LogP contribution < -0.4 is 0 Å². The summed E-state index contributed by atoms with van der Waals surface area (Å²) in [5.41, 5.74) is 0. The van der Waals surface area contributed by atoms with E-state index >= 15 is 0 Å². The zero-order valence-electron chi connectivity index (χ0n) is 12.0. The first-order chi connectivity index (χ1) is 10.9. The van der Waals surface area contributed by atoms with Crippen molar-refractivity contribution in [1.82, 2.24) is 0 Å². The van der Waals surface area contributed by atoms with Gasteiger partial charge in [-0.3, -0.25) is 0 Å². The highest BCUT2D eigenvalue weighted by molar-refractivity contribution is 6.32. The monoisotopic (exact) mass is 282 g/mol. The Labute approximate surface area is 128 Å². The molecule has 0 fully saturated rings. The van der Waals surface area contributed by atoms with Crippen LogP contribution in [-0.4, -0.2) is 6.79 Å². The predicted molar refractivity (Wildman–Crippen MR) is 94.8 cm³/mol. The Morgan fingerprint density at radius 3 is 1.00 bits per heavy atom. The van der Waals surface area contributed by atoms with E-state index in [1.807, 2.05) is 6.79 Å². The average Bonchev–Trinajstić information content (AvgIpc) is 2.61. The minimum absolute atomic E-state index is 1.33. The lowest BCUT2D eigenvalue weighted by Crippen LogP contribution is -1.85. The van der Waals surface area contributed by atoms with Crippen molar-refractivity contribution in [3.05, 3.63) is 72.8 Å². The number of carbonyl (C=O) groups is 1. The zero-order valence-corrected chi connectivity index (χ0v) is 12.0. The van der Waals surface area contributed by atoms with Gasteiger partial charge in [-0.2, -0.15) is 0 Å². The Bertz CT molecular complexity index is 939. The van der Waals surface area contributed by atoms with Crippen LogP contribution in [0.1, 0.15) is 0 Å². The van der Waals surface area contributed by atoms with Crippen LogP contribution in [0.3, 0.4) is 0 Å². The SMILES string of the molecule is C=O.c1cc2cccc3c4cccc5cccc(c(c1)c23)c54. The van der Waals surface area contributed by atoms with Gasteiger partial charge in [-0.05, 0) is 43.1 Å². The Morgan fingerprint density at radius 2 is 0.727 bits per heavy atom. The van der Waals surface area contributed by atoms with E-state index in [0.717, 1.165) is 0 Å². The third kappa shape index (κ3) is 1.57. The fourth-order valence-electron chi connectivity index (χ4n) is 3.58. The van der Waals surface area contributed by atoms with Crippen LogP contribution in [0.2, 0.25) is 0 Å². The number of hydrogen-bond acceptors (Lipinski definition) is 1. The predicted octanol–water partition coefficient (Wildman–Crippen LogP) is 5.55. The van der Waals surface area contributed by atoms with Gasteiger partial charge in [0.2, 0.25) is 0 Å². The second kappa shape index (κ2) is 4.81. The van der Waals surface area contributed by atoms with Crippen molar-refractivity contribution in [2.24, 2.45) is 0 Å². The topological polar surface area (TPSA) is 17.1 Å². The van der Waals surface area contributed by atoms with E-state index in [1.165, 1.54) is 43.1 Å². The molecule has 0 heterocycles. The number of hydrogen-bond donors (Lipinski definition) is 0. The van der Waals surface area contributed by atoms with Gasteiger partial charge >= 0.3 is 0 Å². The molecule has 0 aliphatic carbocycles. The van der Waals surface area contributed by atoms with E-state index in [0.29, 0.717) is 0 Å². The summed E-state index contributed by atoms with van der Waals surface area (Å²) in [7, 11) is 0. The van der Waals surface area contributed by atoms with Crippen molar-refractivity contribution in [2.45, 2.75) is 0 Å². The molecule has 0 saturated heterocycles. The summed E-state index contributed by atoms with van der Waals surface area (Å²) in [6.45, 7) is 2.00. The largest absolute Gasteiger partial charge is 0.307 e. The van der Waals surface area contributed by atoms with E-state index in [1.54, 1.807) is 0 Å². The molecule has 5 rings (SSSR count). The lowest BCUT2D eigenvalue weighted by molar-refractivity contribution is -0.0979. The molecular weight excluding hydrogens is 268 g/mol. The summed E-state index contributed by atoms with van der Waals surface area (Å²) >= 11 is 0. The van der Waals surface area contributed by atoms with Gasteiger partial charge in [-0.15, -0.1) is 0 Å². The number of carbonyl (C=O) groups excluding carboxylic acids is 1. The lowest BCUT2D eigenvalue weighted by Gasteiger charge is -2.13. The first-order valence-corrected chi connectivity index (χ1v) is 7.26. The van der Waals surface area contributed by atoms with Crippen molar-refractivity contribution >= 4 is 49.9 Å². The Kier molecular flexibility index (Phi) is 2.80. The van der Waals surface area contributed by atoms with Crippen molar-refractivity contribution < 1.29 is 4.79 Å². The molecule has 1 heteroatoms. The molecule has 0 radical (unpaired) electrons. The van der Waals surface area contributed by atoms with E-state index in [-0.39, 0.29) is 0 Å². The molecule has 0 amide bonds. The Balaban J connectivity index is 0.000000602. The molecule has 0 aliphatic rings. The first kappa shape index (κ1) is 12.8. The normalized spacial score (nSPS) is 11.1. The maximum absolute atomic E-state index is 8.00. The van der Waals surface area contributed by atoms with Gasteiger partial charge in [0, 0.05) is 0 Å². The summed E-state index contributed by atoms with van der Waals surface area (Å²) in [4.78, 5) is 8.00. The van der Waals surface area contributed by atoms with Gasteiger partial charge in [0.1, 0.15) is 6.79 Å². The molecule has 5 aromatic rings. The number of fused-ring (bicyclic) bond motifs is 2. The molecule has 0 aromatic heterocycles. The zero-order chi connectivity index (χ0) is 15.1. The third-order valence-electron chi connectivity index (χ3n) is 4.39. The van der Waals surface area contributed by atoms with Gasteiger partial charge < -0.3 is 4.79 Å². The second-order valence-corrected chi connectivity index (χ2v) is 5.42. The van der Waals surface area contributed by atoms with Crippen molar-refractivity contribution in [2.75, 3.05) is 0 Å². The lowest BCUT2D eigenvalue weighted by atomic mass is 9.90. The highest BCUT2D eigenvalue weighted by atomic mass is 16.1. The molecule has 22 heavy (non-hydrogen) atoms. The molecule has 0 aliphatic heterocycles. The van der Waals surface area contributed by atoms with Gasteiger partial charge in [0.15, 0.2) is 0 Å². The van der Waals surface area contributed by atoms with Crippen LogP contribution in [0.15, 0.2) is 72.8 Å². The van der Waals surface area contributed by atoms with Crippen molar-refractivity contribution in [1.29, 1.82) is 0 Å². The minimum atomic E-state index is 1.33. The molecule has 0 saturated carbocycles. The molecule has 0 spiro atoms. The minimum Gasteiger partial charge on any atom is -0.307 e. The average molecular weight is 282 g/mol. The highest BCUT2D eigenvalue weighted by Crippen LogP contribution is 2.39. The van der Waals surface area contributed by atoms with Crippen LogP contribution in [0.5, 0.6) is 0 Å². The molecule has 0 bridgehead atoms. The number of rotatable bonds is 0. The maximum Gasteiger partial charge on any atom is 0.106 e. The van der Waals surface area contributed by atoms with E-state index in [2.05, 4.69) is 72.8 Å². The highest BCUT2D eigenvalue weighted by Gasteiger charge is 2.11. The summed E-state index contributed by atoms with van der Waals surface area (Å²) in [5, 5.41) is 10.9. The molecule has 104 valence electrons. The number of benzene rings is 5. The summed E-state index contributed by atoms with van der Waals surface area (Å²) < 4.78 is 0. The molecular formula is C21H14O. The van der Waals surface area contributed by atoms with Crippen LogP contribution in [0, 0.1) is 0 Å². The van der Waals surface area contributed by atoms with Gasteiger partial charge in [0.05, 0.1) is 0 Å². The molecule has 5 aromatic carbocycles. The quantitative estimate of drug-likeness (QED) is 0.269.